The number of hydrogen-bond donors (Lipinski definition) is 1. The van der Waals surface area contributed by atoms with E-state index in [1.54, 1.807) is 0 Å². The SMILES string of the molecule is CC1CCC(N(C)C(=O)c2ccc3n2CCNC3C)CC1. The highest BCUT2D eigenvalue weighted by Gasteiger charge is 2.28. The summed E-state index contributed by atoms with van der Waals surface area (Å²) in [6, 6.07) is 4.85. The second-order valence-electron chi connectivity index (χ2n) is 6.80. The molecule has 0 radical (unpaired) electrons. The Hall–Kier alpha value is -1.29. The third-order valence-corrected chi connectivity index (χ3v) is 5.32. The van der Waals surface area contributed by atoms with Crippen LogP contribution in [0.5, 0.6) is 0 Å². The van der Waals surface area contributed by atoms with Crippen LogP contribution in [0.25, 0.3) is 0 Å². The largest absolute Gasteiger partial charge is 0.338 e. The molecule has 0 spiro atoms. The summed E-state index contributed by atoms with van der Waals surface area (Å²) in [5, 5.41) is 3.44. The van der Waals surface area contributed by atoms with Crippen LogP contribution in [0.2, 0.25) is 0 Å². The number of carbonyl (C=O) groups excluding carboxylic acids is 1. The van der Waals surface area contributed by atoms with E-state index in [0.29, 0.717) is 12.1 Å². The molecule has 1 N–H and O–H groups in total. The average molecular weight is 289 g/mol. The van der Waals surface area contributed by atoms with Crippen molar-refractivity contribution in [2.24, 2.45) is 5.92 Å². The van der Waals surface area contributed by atoms with Gasteiger partial charge in [0.25, 0.3) is 5.91 Å². The molecule has 1 aliphatic heterocycles. The number of nitrogens with one attached hydrogen (secondary N) is 1. The van der Waals surface area contributed by atoms with Crippen molar-refractivity contribution < 1.29 is 4.79 Å². The van der Waals surface area contributed by atoms with E-state index >= 15 is 0 Å². The summed E-state index contributed by atoms with van der Waals surface area (Å²) in [7, 11) is 1.98. The number of fused-ring (bicyclic) bond motifs is 1. The van der Waals surface area contributed by atoms with Crippen molar-refractivity contribution in [3.63, 3.8) is 0 Å². The fourth-order valence-electron chi connectivity index (χ4n) is 3.77. The van der Waals surface area contributed by atoms with Crippen LogP contribution in [-0.4, -0.2) is 35.0 Å². The molecule has 1 aliphatic carbocycles. The number of hydrogen-bond acceptors (Lipinski definition) is 2. The molecule has 0 bridgehead atoms. The molecule has 0 aromatic carbocycles. The van der Waals surface area contributed by atoms with Gasteiger partial charge in [-0.3, -0.25) is 4.79 Å². The Morgan fingerprint density at radius 3 is 2.67 bits per heavy atom. The van der Waals surface area contributed by atoms with Crippen LogP contribution in [0.4, 0.5) is 0 Å². The number of aromatic nitrogens is 1. The lowest BCUT2D eigenvalue weighted by Gasteiger charge is -2.34. The van der Waals surface area contributed by atoms with Gasteiger partial charge in [-0.1, -0.05) is 6.92 Å². The third-order valence-electron chi connectivity index (χ3n) is 5.32. The van der Waals surface area contributed by atoms with Crippen molar-refractivity contribution in [3.8, 4) is 0 Å². The lowest BCUT2D eigenvalue weighted by molar-refractivity contribution is 0.0667. The van der Waals surface area contributed by atoms with Crippen LogP contribution in [-0.2, 0) is 6.54 Å². The van der Waals surface area contributed by atoms with Crippen molar-refractivity contribution in [1.29, 1.82) is 0 Å². The van der Waals surface area contributed by atoms with Crippen LogP contribution in [0.15, 0.2) is 12.1 Å². The molecule has 1 aromatic heterocycles. The van der Waals surface area contributed by atoms with Gasteiger partial charge in [-0.25, -0.2) is 0 Å². The Morgan fingerprint density at radius 2 is 1.95 bits per heavy atom. The molecule has 2 aliphatic rings. The zero-order chi connectivity index (χ0) is 15.0. The molecular formula is C17H27N3O. The highest BCUT2D eigenvalue weighted by molar-refractivity contribution is 5.93. The van der Waals surface area contributed by atoms with Crippen molar-refractivity contribution >= 4 is 5.91 Å². The van der Waals surface area contributed by atoms with Crippen LogP contribution in [0.1, 0.15) is 61.8 Å². The van der Waals surface area contributed by atoms with Gasteiger partial charge >= 0.3 is 0 Å². The molecular weight excluding hydrogens is 262 g/mol. The summed E-state index contributed by atoms with van der Waals surface area (Å²) in [5.41, 5.74) is 2.09. The lowest BCUT2D eigenvalue weighted by Crippen LogP contribution is -2.41. The Labute approximate surface area is 127 Å². The van der Waals surface area contributed by atoms with Crippen molar-refractivity contribution in [3.05, 3.63) is 23.5 Å². The highest BCUT2D eigenvalue weighted by Crippen LogP contribution is 2.28. The molecule has 3 rings (SSSR count). The first-order valence-corrected chi connectivity index (χ1v) is 8.28. The van der Waals surface area contributed by atoms with E-state index in [0.717, 1.165) is 37.5 Å². The van der Waals surface area contributed by atoms with Gasteiger partial charge in [-0.05, 0) is 50.7 Å². The second-order valence-corrected chi connectivity index (χ2v) is 6.80. The van der Waals surface area contributed by atoms with E-state index in [1.165, 1.54) is 18.5 Å². The smallest absolute Gasteiger partial charge is 0.270 e. The first-order chi connectivity index (χ1) is 10.1. The normalized spacial score (nSPS) is 29.0. The minimum absolute atomic E-state index is 0.190. The van der Waals surface area contributed by atoms with Crippen molar-refractivity contribution in [1.82, 2.24) is 14.8 Å². The number of nitrogens with zero attached hydrogens (tertiary/aromatic N) is 2. The quantitative estimate of drug-likeness (QED) is 0.909. The fraction of sp³-hybridized carbons (Fsp3) is 0.706. The Balaban J connectivity index is 1.76. The third kappa shape index (κ3) is 2.73. The Morgan fingerprint density at radius 1 is 1.24 bits per heavy atom. The number of rotatable bonds is 2. The number of carbonyl (C=O) groups is 1. The topological polar surface area (TPSA) is 37.3 Å². The van der Waals surface area contributed by atoms with E-state index in [1.807, 2.05) is 18.0 Å². The molecule has 1 saturated carbocycles. The first-order valence-electron chi connectivity index (χ1n) is 8.28. The lowest BCUT2D eigenvalue weighted by atomic mass is 9.86. The molecule has 4 nitrogen and oxygen atoms in total. The number of amides is 1. The van der Waals surface area contributed by atoms with E-state index < -0.39 is 0 Å². The standard InChI is InChI=1S/C17H27N3O/c1-12-4-6-14(7-5-12)19(3)17(21)16-9-8-15-13(2)18-10-11-20(15)16/h8-9,12-14,18H,4-7,10-11H2,1-3H3. The van der Waals surface area contributed by atoms with E-state index in [-0.39, 0.29) is 5.91 Å². The Bertz CT molecular complexity index is 514. The van der Waals surface area contributed by atoms with E-state index in [4.69, 9.17) is 0 Å². The molecule has 116 valence electrons. The van der Waals surface area contributed by atoms with Crippen molar-refractivity contribution in [2.45, 2.75) is 58.2 Å². The second kappa shape index (κ2) is 5.84. The summed E-state index contributed by atoms with van der Waals surface area (Å²) < 4.78 is 2.20. The summed E-state index contributed by atoms with van der Waals surface area (Å²) in [6.45, 7) is 6.30. The maximum absolute atomic E-state index is 12.8. The van der Waals surface area contributed by atoms with Gasteiger partial charge in [0.15, 0.2) is 0 Å². The first kappa shape index (κ1) is 14.6. The van der Waals surface area contributed by atoms with E-state index in [2.05, 4.69) is 29.8 Å². The molecule has 1 amide bonds. The maximum atomic E-state index is 12.8. The summed E-state index contributed by atoms with van der Waals surface area (Å²) >= 11 is 0. The molecule has 1 unspecified atom stereocenters. The predicted molar refractivity (Wildman–Crippen MR) is 84.4 cm³/mol. The van der Waals surface area contributed by atoms with Crippen LogP contribution in [0, 0.1) is 5.92 Å². The average Bonchev–Trinajstić information content (AvgIpc) is 2.92. The van der Waals surface area contributed by atoms with Gasteiger partial charge in [-0.2, -0.15) is 0 Å². The molecule has 4 heteroatoms. The molecule has 1 fully saturated rings. The molecule has 0 saturated heterocycles. The monoisotopic (exact) mass is 289 g/mol. The van der Waals surface area contributed by atoms with Gasteiger partial charge in [-0.15, -0.1) is 0 Å². The molecule has 1 aromatic rings. The molecule has 21 heavy (non-hydrogen) atoms. The van der Waals surface area contributed by atoms with Gasteiger partial charge in [0, 0.05) is 37.9 Å². The van der Waals surface area contributed by atoms with Gasteiger partial charge in [0.1, 0.15) is 5.69 Å². The molecule has 2 heterocycles. The highest BCUT2D eigenvalue weighted by atomic mass is 16.2. The minimum atomic E-state index is 0.190. The fourth-order valence-corrected chi connectivity index (χ4v) is 3.77. The zero-order valence-corrected chi connectivity index (χ0v) is 13.4. The van der Waals surface area contributed by atoms with Crippen LogP contribution < -0.4 is 5.32 Å². The van der Waals surface area contributed by atoms with Gasteiger partial charge in [0.2, 0.25) is 0 Å². The van der Waals surface area contributed by atoms with Gasteiger partial charge in [0.05, 0.1) is 0 Å². The van der Waals surface area contributed by atoms with Crippen LogP contribution >= 0.6 is 0 Å². The maximum Gasteiger partial charge on any atom is 0.270 e. The van der Waals surface area contributed by atoms with Gasteiger partial charge < -0.3 is 14.8 Å². The summed E-state index contributed by atoms with van der Waals surface area (Å²) in [4.78, 5) is 14.8. The zero-order valence-electron chi connectivity index (χ0n) is 13.4. The Kier molecular flexibility index (Phi) is 4.07. The van der Waals surface area contributed by atoms with E-state index in [9.17, 15) is 4.79 Å². The predicted octanol–water partition coefficient (Wildman–Crippen LogP) is 2.80. The van der Waals surface area contributed by atoms with Crippen LogP contribution in [0.3, 0.4) is 0 Å². The summed E-state index contributed by atoms with van der Waals surface area (Å²) in [5.74, 6) is 1.01. The summed E-state index contributed by atoms with van der Waals surface area (Å²) in [6.07, 6.45) is 4.79. The minimum Gasteiger partial charge on any atom is -0.338 e. The molecule has 1 atom stereocenters. The van der Waals surface area contributed by atoms with Crippen molar-refractivity contribution in [2.75, 3.05) is 13.6 Å².